The average Bonchev–Trinajstić information content (AvgIpc) is 2.33. The maximum Gasteiger partial charge on any atom is 0.123 e. The quantitative estimate of drug-likeness (QED) is 0.806. The highest BCUT2D eigenvalue weighted by Gasteiger charge is 2.15. The number of hydrogen-bond acceptors (Lipinski definition) is 2. The molecule has 0 fully saturated rings. The number of halogens is 2. The van der Waals surface area contributed by atoms with Gasteiger partial charge in [0.15, 0.2) is 0 Å². The minimum Gasteiger partial charge on any atom is -0.313 e. The van der Waals surface area contributed by atoms with Crippen molar-refractivity contribution in [2.45, 2.75) is 33.2 Å². The number of nitrogens with zero attached hydrogens (tertiary/aromatic N) is 1. The molecular formula is C14H18BrFN2. The number of benzene rings is 1. The van der Waals surface area contributed by atoms with E-state index in [9.17, 15) is 4.39 Å². The molecule has 0 aliphatic carbocycles. The SMILES string of the molecule is CC(C)(C#N)CCCNCc1cc(F)ccc1Br. The molecule has 4 heteroatoms. The lowest BCUT2D eigenvalue weighted by Crippen LogP contribution is -2.18. The third kappa shape index (κ3) is 5.16. The second-order valence-corrected chi connectivity index (χ2v) is 5.87. The molecule has 0 saturated heterocycles. The van der Waals surface area contributed by atoms with Gasteiger partial charge in [0.05, 0.1) is 11.5 Å². The van der Waals surface area contributed by atoms with Crippen molar-refractivity contribution in [3.63, 3.8) is 0 Å². The van der Waals surface area contributed by atoms with Crippen LogP contribution in [0.4, 0.5) is 4.39 Å². The fourth-order valence-electron chi connectivity index (χ4n) is 1.61. The van der Waals surface area contributed by atoms with E-state index < -0.39 is 0 Å². The number of nitrogens with one attached hydrogen (secondary N) is 1. The lowest BCUT2D eigenvalue weighted by Gasteiger charge is -2.14. The predicted octanol–water partition coefficient (Wildman–Crippen LogP) is 4.01. The molecule has 2 nitrogen and oxygen atoms in total. The summed E-state index contributed by atoms with van der Waals surface area (Å²) in [6.07, 6.45) is 1.80. The van der Waals surface area contributed by atoms with Crippen molar-refractivity contribution in [3.05, 3.63) is 34.1 Å². The van der Waals surface area contributed by atoms with E-state index >= 15 is 0 Å². The molecule has 0 unspecified atom stereocenters. The lowest BCUT2D eigenvalue weighted by atomic mass is 9.90. The fraction of sp³-hybridized carbons (Fsp3) is 0.500. The Bertz CT molecular complexity index is 438. The van der Waals surface area contributed by atoms with Gasteiger partial charge in [-0.1, -0.05) is 15.9 Å². The maximum atomic E-state index is 13.0. The normalized spacial score (nSPS) is 11.3. The zero-order valence-electron chi connectivity index (χ0n) is 10.8. The highest BCUT2D eigenvalue weighted by molar-refractivity contribution is 9.10. The van der Waals surface area contributed by atoms with E-state index in [1.807, 2.05) is 13.8 Å². The molecule has 1 N–H and O–H groups in total. The summed E-state index contributed by atoms with van der Waals surface area (Å²) < 4.78 is 14.0. The predicted molar refractivity (Wildman–Crippen MR) is 74.4 cm³/mol. The molecule has 0 aliphatic heterocycles. The molecule has 0 saturated carbocycles. The average molecular weight is 313 g/mol. The highest BCUT2D eigenvalue weighted by Crippen LogP contribution is 2.20. The zero-order chi connectivity index (χ0) is 13.6. The molecule has 98 valence electrons. The summed E-state index contributed by atoms with van der Waals surface area (Å²) in [6, 6.07) is 6.95. The van der Waals surface area contributed by atoms with Crippen LogP contribution in [0, 0.1) is 22.6 Å². The van der Waals surface area contributed by atoms with Crippen LogP contribution in [0.5, 0.6) is 0 Å². The Morgan fingerprint density at radius 2 is 2.17 bits per heavy atom. The number of nitriles is 1. The Kier molecular flexibility index (Phi) is 5.77. The van der Waals surface area contributed by atoms with Crippen LogP contribution in [-0.4, -0.2) is 6.54 Å². The van der Waals surface area contributed by atoms with Crippen LogP contribution in [0.25, 0.3) is 0 Å². The second kappa shape index (κ2) is 6.86. The summed E-state index contributed by atoms with van der Waals surface area (Å²) in [7, 11) is 0. The Morgan fingerprint density at radius 3 is 2.83 bits per heavy atom. The second-order valence-electron chi connectivity index (χ2n) is 5.01. The highest BCUT2D eigenvalue weighted by atomic mass is 79.9. The standard InChI is InChI=1S/C14H18BrFN2/c1-14(2,10-17)6-3-7-18-9-11-8-12(16)4-5-13(11)15/h4-5,8,18H,3,6-7,9H2,1-2H3. The molecular weight excluding hydrogens is 295 g/mol. The maximum absolute atomic E-state index is 13.0. The van der Waals surface area contributed by atoms with E-state index in [1.165, 1.54) is 12.1 Å². The summed E-state index contributed by atoms with van der Waals surface area (Å²) in [5.41, 5.74) is 0.649. The van der Waals surface area contributed by atoms with E-state index in [1.54, 1.807) is 6.07 Å². The largest absolute Gasteiger partial charge is 0.313 e. The van der Waals surface area contributed by atoms with E-state index in [4.69, 9.17) is 5.26 Å². The van der Waals surface area contributed by atoms with Crippen LogP contribution in [0.15, 0.2) is 22.7 Å². The van der Waals surface area contributed by atoms with Gasteiger partial charge in [-0.05, 0) is 57.0 Å². The van der Waals surface area contributed by atoms with E-state index in [2.05, 4.69) is 27.3 Å². The molecule has 1 aromatic rings. The Hall–Kier alpha value is -0.920. The van der Waals surface area contributed by atoms with Crippen LogP contribution in [-0.2, 0) is 6.54 Å². The van der Waals surface area contributed by atoms with Crippen molar-refractivity contribution >= 4 is 15.9 Å². The van der Waals surface area contributed by atoms with Gasteiger partial charge < -0.3 is 5.32 Å². The van der Waals surface area contributed by atoms with Gasteiger partial charge in [0, 0.05) is 11.0 Å². The number of hydrogen-bond donors (Lipinski definition) is 1. The fourth-order valence-corrected chi connectivity index (χ4v) is 2.00. The van der Waals surface area contributed by atoms with Crippen LogP contribution in [0.2, 0.25) is 0 Å². The molecule has 1 aromatic carbocycles. The molecule has 0 spiro atoms. The van der Waals surface area contributed by atoms with Gasteiger partial charge in [-0.15, -0.1) is 0 Å². The van der Waals surface area contributed by atoms with Crippen molar-refractivity contribution in [2.75, 3.05) is 6.54 Å². The minimum atomic E-state index is -0.263. The lowest BCUT2D eigenvalue weighted by molar-refractivity contribution is 0.425. The summed E-state index contributed by atoms with van der Waals surface area (Å²) in [6.45, 7) is 5.34. The monoisotopic (exact) mass is 312 g/mol. The van der Waals surface area contributed by atoms with Gasteiger partial charge in [0.2, 0.25) is 0 Å². The van der Waals surface area contributed by atoms with Crippen LogP contribution >= 0.6 is 15.9 Å². The number of rotatable bonds is 6. The van der Waals surface area contributed by atoms with Crippen molar-refractivity contribution in [1.82, 2.24) is 5.32 Å². The molecule has 1 rings (SSSR count). The topological polar surface area (TPSA) is 35.8 Å². The van der Waals surface area contributed by atoms with Gasteiger partial charge in [0.25, 0.3) is 0 Å². The van der Waals surface area contributed by atoms with Gasteiger partial charge >= 0.3 is 0 Å². The van der Waals surface area contributed by atoms with Crippen molar-refractivity contribution < 1.29 is 4.39 Å². The zero-order valence-corrected chi connectivity index (χ0v) is 12.3. The molecule has 0 atom stereocenters. The van der Waals surface area contributed by atoms with Crippen molar-refractivity contribution in [1.29, 1.82) is 5.26 Å². The van der Waals surface area contributed by atoms with Gasteiger partial charge in [-0.25, -0.2) is 4.39 Å². The van der Waals surface area contributed by atoms with Crippen LogP contribution < -0.4 is 5.32 Å². The van der Waals surface area contributed by atoms with Gasteiger partial charge in [-0.3, -0.25) is 0 Å². The Morgan fingerprint density at radius 1 is 1.44 bits per heavy atom. The molecule has 0 radical (unpaired) electrons. The first-order valence-corrected chi connectivity index (χ1v) is 6.80. The third-order valence-corrected chi connectivity index (χ3v) is 3.55. The summed E-state index contributed by atoms with van der Waals surface area (Å²) in [4.78, 5) is 0. The Balaban J connectivity index is 2.30. The smallest absolute Gasteiger partial charge is 0.123 e. The molecule has 18 heavy (non-hydrogen) atoms. The van der Waals surface area contributed by atoms with E-state index in [0.717, 1.165) is 29.4 Å². The van der Waals surface area contributed by atoms with E-state index in [-0.39, 0.29) is 11.2 Å². The summed E-state index contributed by atoms with van der Waals surface area (Å²) in [5.74, 6) is -0.222. The van der Waals surface area contributed by atoms with Crippen molar-refractivity contribution in [2.24, 2.45) is 5.41 Å². The third-order valence-electron chi connectivity index (χ3n) is 2.78. The first-order valence-electron chi connectivity index (χ1n) is 6.00. The minimum absolute atomic E-state index is 0.222. The molecule has 0 aromatic heterocycles. The summed E-state index contributed by atoms with van der Waals surface area (Å²) >= 11 is 3.39. The first kappa shape index (κ1) is 15.1. The molecule has 0 amide bonds. The van der Waals surface area contributed by atoms with Crippen molar-refractivity contribution in [3.8, 4) is 6.07 Å². The van der Waals surface area contributed by atoms with Crippen LogP contribution in [0.1, 0.15) is 32.3 Å². The molecule has 0 bridgehead atoms. The van der Waals surface area contributed by atoms with E-state index in [0.29, 0.717) is 6.54 Å². The first-order chi connectivity index (χ1) is 8.44. The van der Waals surface area contributed by atoms with Crippen LogP contribution in [0.3, 0.4) is 0 Å². The van der Waals surface area contributed by atoms with Gasteiger partial charge in [0.1, 0.15) is 5.82 Å². The van der Waals surface area contributed by atoms with Gasteiger partial charge in [-0.2, -0.15) is 5.26 Å². The summed E-state index contributed by atoms with van der Waals surface area (Å²) in [5, 5.41) is 12.1. The molecule has 0 aliphatic rings. The Labute approximate surface area is 116 Å². The molecule has 0 heterocycles.